The van der Waals surface area contributed by atoms with E-state index in [1.54, 1.807) is 0 Å². The van der Waals surface area contributed by atoms with Crippen molar-refractivity contribution in [3.05, 3.63) is 44.8 Å². The molecule has 0 aliphatic heterocycles. The van der Waals surface area contributed by atoms with Crippen molar-refractivity contribution >= 4 is 51.0 Å². The van der Waals surface area contributed by atoms with Crippen LogP contribution in [0.5, 0.6) is 0 Å². The summed E-state index contributed by atoms with van der Waals surface area (Å²) in [7, 11) is 1.23. The summed E-state index contributed by atoms with van der Waals surface area (Å²) in [6.07, 6.45) is 0. The molecule has 1 heterocycles. The first-order valence-electron chi connectivity index (χ1n) is 6.57. The highest BCUT2D eigenvalue weighted by Gasteiger charge is 2.22. The van der Waals surface area contributed by atoms with E-state index in [9.17, 15) is 9.18 Å². The molecule has 1 N–H and O–H groups in total. The van der Waals surface area contributed by atoms with E-state index in [-0.39, 0.29) is 22.3 Å². The van der Waals surface area contributed by atoms with Crippen molar-refractivity contribution in [2.45, 2.75) is 6.92 Å². The van der Waals surface area contributed by atoms with Gasteiger partial charge in [-0.1, -0.05) is 0 Å². The van der Waals surface area contributed by atoms with Crippen LogP contribution >= 0.6 is 22.6 Å². The van der Waals surface area contributed by atoms with Crippen molar-refractivity contribution < 1.29 is 18.6 Å². The predicted molar refractivity (Wildman–Crippen MR) is 90.3 cm³/mol. The SMILES string of the molecule is COC(=O)c1cc2nonc2c(F)c1Nc1ccc(I)cc1C. The number of methoxy groups -OCH3 is 1. The van der Waals surface area contributed by atoms with Gasteiger partial charge in [0.15, 0.2) is 11.3 Å². The molecule has 0 saturated carbocycles. The Morgan fingerprint density at radius 2 is 2.13 bits per heavy atom. The van der Waals surface area contributed by atoms with Crippen LogP contribution < -0.4 is 5.32 Å². The minimum Gasteiger partial charge on any atom is -0.465 e. The molecule has 6 nitrogen and oxygen atoms in total. The lowest BCUT2D eigenvalue weighted by Gasteiger charge is -2.14. The van der Waals surface area contributed by atoms with E-state index in [1.165, 1.54) is 13.2 Å². The number of nitrogens with one attached hydrogen (secondary N) is 1. The van der Waals surface area contributed by atoms with Crippen molar-refractivity contribution in [1.29, 1.82) is 0 Å². The fourth-order valence-corrected chi connectivity index (χ4v) is 2.83. The zero-order chi connectivity index (χ0) is 16.6. The first-order valence-corrected chi connectivity index (χ1v) is 7.65. The summed E-state index contributed by atoms with van der Waals surface area (Å²) in [5.74, 6) is -1.40. The molecule has 0 spiro atoms. The first kappa shape index (κ1) is 15.7. The number of aryl methyl sites for hydroxylation is 1. The van der Waals surface area contributed by atoms with E-state index in [4.69, 9.17) is 4.74 Å². The van der Waals surface area contributed by atoms with Gasteiger partial charge in [-0.3, -0.25) is 0 Å². The van der Waals surface area contributed by atoms with E-state index in [2.05, 4.69) is 42.9 Å². The first-order chi connectivity index (χ1) is 11.0. The van der Waals surface area contributed by atoms with Gasteiger partial charge in [0.05, 0.1) is 18.4 Å². The van der Waals surface area contributed by atoms with Gasteiger partial charge in [0.2, 0.25) is 0 Å². The maximum Gasteiger partial charge on any atom is 0.340 e. The van der Waals surface area contributed by atoms with E-state index in [0.717, 1.165) is 9.13 Å². The van der Waals surface area contributed by atoms with E-state index < -0.39 is 11.8 Å². The summed E-state index contributed by atoms with van der Waals surface area (Å²) in [6.45, 7) is 1.89. The molecule has 3 aromatic rings. The summed E-state index contributed by atoms with van der Waals surface area (Å²) in [5, 5.41) is 10.0. The monoisotopic (exact) mass is 427 g/mol. The Balaban J connectivity index is 2.17. The van der Waals surface area contributed by atoms with Crippen LogP contribution in [-0.4, -0.2) is 23.4 Å². The van der Waals surface area contributed by atoms with Gasteiger partial charge >= 0.3 is 5.97 Å². The van der Waals surface area contributed by atoms with Gasteiger partial charge in [-0.25, -0.2) is 13.8 Å². The smallest absolute Gasteiger partial charge is 0.340 e. The quantitative estimate of drug-likeness (QED) is 0.506. The highest BCUT2D eigenvalue weighted by Crippen LogP contribution is 2.31. The molecule has 1 aromatic heterocycles. The van der Waals surface area contributed by atoms with Gasteiger partial charge < -0.3 is 10.1 Å². The largest absolute Gasteiger partial charge is 0.465 e. The lowest BCUT2D eigenvalue weighted by Crippen LogP contribution is -2.08. The molecule has 0 saturated heterocycles. The van der Waals surface area contributed by atoms with Crippen molar-refractivity contribution in [3.8, 4) is 0 Å². The molecular weight excluding hydrogens is 416 g/mol. The molecule has 0 aliphatic rings. The Kier molecular flexibility index (Phi) is 4.16. The number of carbonyl (C=O) groups is 1. The molecule has 23 heavy (non-hydrogen) atoms. The van der Waals surface area contributed by atoms with Gasteiger partial charge in [-0.05, 0) is 69.7 Å². The highest BCUT2D eigenvalue weighted by molar-refractivity contribution is 14.1. The van der Waals surface area contributed by atoms with Gasteiger partial charge in [0.1, 0.15) is 5.52 Å². The van der Waals surface area contributed by atoms with Crippen LogP contribution in [0.2, 0.25) is 0 Å². The number of anilines is 2. The maximum absolute atomic E-state index is 14.7. The van der Waals surface area contributed by atoms with Crippen LogP contribution in [0.3, 0.4) is 0 Å². The summed E-state index contributed by atoms with van der Waals surface area (Å²) >= 11 is 2.19. The van der Waals surface area contributed by atoms with E-state index in [0.29, 0.717) is 5.69 Å². The molecule has 2 aromatic carbocycles. The molecule has 0 aliphatic carbocycles. The number of esters is 1. The van der Waals surface area contributed by atoms with Gasteiger partial charge in [0.25, 0.3) is 0 Å². The molecule has 8 heteroatoms. The average molecular weight is 427 g/mol. The molecule has 0 amide bonds. The third-order valence-corrected chi connectivity index (χ3v) is 4.02. The van der Waals surface area contributed by atoms with Crippen molar-refractivity contribution in [3.63, 3.8) is 0 Å². The molecular formula is C15H11FIN3O3. The molecule has 3 rings (SSSR count). The number of nitrogens with zero attached hydrogens (tertiary/aromatic N) is 2. The molecule has 0 unspecified atom stereocenters. The Morgan fingerprint density at radius 1 is 1.35 bits per heavy atom. The second-order valence-electron chi connectivity index (χ2n) is 4.82. The third-order valence-electron chi connectivity index (χ3n) is 3.35. The number of aromatic nitrogens is 2. The van der Waals surface area contributed by atoms with Crippen LogP contribution in [0, 0.1) is 16.3 Å². The van der Waals surface area contributed by atoms with E-state index >= 15 is 0 Å². The number of hydrogen-bond donors (Lipinski definition) is 1. The Hall–Kier alpha value is -2.23. The normalized spacial score (nSPS) is 10.8. The number of ether oxygens (including phenoxy) is 1. The number of rotatable bonds is 3. The highest BCUT2D eigenvalue weighted by atomic mass is 127. The van der Waals surface area contributed by atoms with Crippen LogP contribution in [0.15, 0.2) is 28.9 Å². The minimum absolute atomic E-state index is 0.0196. The molecule has 0 fully saturated rings. The zero-order valence-electron chi connectivity index (χ0n) is 12.2. The van der Waals surface area contributed by atoms with E-state index in [1.807, 2.05) is 25.1 Å². The topological polar surface area (TPSA) is 77.2 Å². The standard InChI is InChI=1S/C15H11FIN3O3/c1-7-5-8(17)3-4-10(7)18-13-9(15(21)22-2)6-11-14(12(13)16)20-23-19-11/h3-6,18H,1-2H3. The second-order valence-corrected chi connectivity index (χ2v) is 6.07. The van der Waals surface area contributed by atoms with Crippen LogP contribution in [0.1, 0.15) is 15.9 Å². The number of carbonyl (C=O) groups excluding carboxylic acids is 1. The molecule has 0 radical (unpaired) electrons. The Labute approximate surface area is 144 Å². The predicted octanol–water partition coefficient (Wildman–Crippen LogP) is 3.81. The fraction of sp³-hybridized carbons (Fsp3) is 0.133. The van der Waals surface area contributed by atoms with Crippen molar-refractivity contribution in [2.75, 3.05) is 12.4 Å². The van der Waals surface area contributed by atoms with Gasteiger partial charge in [-0.2, -0.15) is 0 Å². The summed E-state index contributed by atoms with van der Waals surface area (Å²) in [5.41, 5.74) is 1.67. The van der Waals surface area contributed by atoms with Gasteiger partial charge in [-0.15, -0.1) is 0 Å². The maximum atomic E-state index is 14.7. The van der Waals surface area contributed by atoms with Crippen molar-refractivity contribution in [1.82, 2.24) is 10.3 Å². The van der Waals surface area contributed by atoms with Crippen LogP contribution in [0.25, 0.3) is 11.0 Å². The van der Waals surface area contributed by atoms with Crippen molar-refractivity contribution in [2.24, 2.45) is 0 Å². The summed E-state index contributed by atoms with van der Waals surface area (Å²) in [4.78, 5) is 12.0. The number of halogens is 2. The minimum atomic E-state index is -0.720. The number of benzene rings is 2. The molecule has 118 valence electrons. The number of fused-ring (bicyclic) bond motifs is 1. The Bertz CT molecular complexity index is 910. The fourth-order valence-electron chi connectivity index (χ4n) is 2.18. The summed E-state index contributed by atoms with van der Waals surface area (Å²) < 4.78 is 25.0. The Morgan fingerprint density at radius 3 is 2.83 bits per heavy atom. The molecule has 0 atom stereocenters. The zero-order valence-corrected chi connectivity index (χ0v) is 14.3. The molecule has 0 bridgehead atoms. The average Bonchev–Trinajstić information content (AvgIpc) is 3.00. The number of hydrogen-bond acceptors (Lipinski definition) is 6. The lowest BCUT2D eigenvalue weighted by molar-refractivity contribution is 0.0601. The lowest BCUT2D eigenvalue weighted by atomic mass is 10.1. The van der Waals surface area contributed by atoms with Crippen LogP contribution in [0.4, 0.5) is 15.8 Å². The second kappa shape index (κ2) is 6.11. The third kappa shape index (κ3) is 2.85. The van der Waals surface area contributed by atoms with Crippen LogP contribution in [-0.2, 0) is 4.74 Å². The van der Waals surface area contributed by atoms with Gasteiger partial charge in [0, 0.05) is 9.26 Å². The summed E-state index contributed by atoms with van der Waals surface area (Å²) in [6, 6.07) is 7.00.